The van der Waals surface area contributed by atoms with Gasteiger partial charge in [-0.2, -0.15) is 0 Å². The van der Waals surface area contributed by atoms with Gasteiger partial charge in [-0.1, -0.05) is 30.3 Å². The molecule has 0 aliphatic carbocycles. The van der Waals surface area contributed by atoms with Crippen LogP contribution in [-0.2, 0) is 0 Å². The van der Waals surface area contributed by atoms with Gasteiger partial charge in [0.1, 0.15) is 5.75 Å². The Bertz CT molecular complexity index is 1020. The topological polar surface area (TPSA) is 70.0 Å². The van der Waals surface area contributed by atoms with Gasteiger partial charge in [0.05, 0.1) is 12.2 Å². The van der Waals surface area contributed by atoms with E-state index < -0.39 is 5.97 Å². The lowest BCUT2D eigenvalue weighted by molar-refractivity contribution is 0.0697. The number of hydrogen-bond donors (Lipinski definition) is 2. The monoisotopic (exact) mass is 417 g/mol. The summed E-state index contributed by atoms with van der Waals surface area (Å²) in [7, 11) is 0. The molecule has 3 aromatic carbocycles. The number of aromatic carboxylic acids is 1. The number of carboxylic acids is 1. The predicted molar refractivity (Wildman–Crippen MR) is 123 cm³/mol. The van der Waals surface area contributed by atoms with Crippen LogP contribution < -0.4 is 9.64 Å². The Labute approximate surface area is 182 Å². The Hall–Kier alpha value is -3.31. The summed E-state index contributed by atoms with van der Waals surface area (Å²) in [6, 6.07) is 21.5. The molecule has 0 bridgehead atoms. The van der Waals surface area contributed by atoms with Gasteiger partial charge < -0.3 is 19.8 Å². The second-order valence-corrected chi connectivity index (χ2v) is 7.76. The molecule has 1 aliphatic heterocycles. The zero-order valence-corrected chi connectivity index (χ0v) is 17.5. The van der Waals surface area contributed by atoms with Crippen molar-refractivity contribution in [2.75, 3.05) is 31.2 Å². The van der Waals surface area contributed by atoms with Crippen LogP contribution in [0.4, 0.5) is 5.69 Å². The van der Waals surface area contributed by atoms with Crippen LogP contribution in [-0.4, -0.2) is 42.5 Å². The minimum absolute atomic E-state index is 0.0911. The first-order valence-corrected chi connectivity index (χ1v) is 10.7. The average molecular weight is 418 g/mol. The van der Waals surface area contributed by atoms with E-state index in [1.54, 1.807) is 12.1 Å². The van der Waals surface area contributed by atoms with Crippen LogP contribution in [0.1, 0.15) is 29.6 Å². The van der Waals surface area contributed by atoms with E-state index >= 15 is 0 Å². The molecule has 5 heteroatoms. The second-order valence-electron chi connectivity index (χ2n) is 7.76. The lowest BCUT2D eigenvalue weighted by atomic mass is 9.97. The fourth-order valence-electron chi connectivity index (χ4n) is 3.94. The highest BCUT2D eigenvalue weighted by atomic mass is 16.5. The van der Waals surface area contributed by atoms with E-state index in [2.05, 4.69) is 35.2 Å². The minimum Gasteiger partial charge on any atom is -0.493 e. The first-order valence-electron chi connectivity index (χ1n) is 10.7. The van der Waals surface area contributed by atoms with E-state index in [0.717, 1.165) is 41.1 Å². The quantitative estimate of drug-likeness (QED) is 0.500. The number of benzene rings is 3. The molecule has 0 radical (unpaired) electrons. The van der Waals surface area contributed by atoms with E-state index in [1.165, 1.54) is 18.5 Å². The van der Waals surface area contributed by atoms with Crippen LogP contribution in [0.5, 0.6) is 5.75 Å². The Morgan fingerprint density at radius 1 is 0.871 bits per heavy atom. The maximum atomic E-state index is 11.1. The van der Waals surface area contributed by atoms with Crippen molar-refractivity contribution < 1.29 is 19.7 Å². The fourth-order valence-corrected chi connectivity index (χ4v) is 3.94. The Kier molecular flexibility index (Phi) is 6.53. The molecule has 0 unspecified atom stereocenters. The Balaban J connectivity index is 1.67. The number of nitrogens with zero attached hydrogens (tertiary/aromatic N) is 1. The Morgan fingerprint density at radius 3 is 2.16 bits per heavy atom. The number of ether oxygens (including phenoxy) is 1. The van der Waals surface area contributed by atoms with Gasteiger partial charge in [0.15, 0.2) is 0 Å². The highest BCUT2D eigenvalue weighted by Crippen LogP contribution is 2.36. The van der Waals surface area contributed by atoms with Crippen molar-refractivity contribution in [1.29, 1.82) is 0 Å². The van der Waals surface area contributed by atoms with Gasteiger partial charge in [0.2, 0.25) is 0 Å². The summed E-state index contributed by atoms with van der Waals surface area (Å²) in [5.74, 6) is -0.161. The van der Waals surface area contributed by atoms with Crippen molar-refractivity contribution in [1.82, 2.24) is 0 Å². The maximum absolute atomic E-state index is 11.1. The van der Waals surface area contributed by atoms with Crippen molar-refractivity contribution in [3.63, 3.8) is 0 Å². The number of carbonyl (C=O) groups is 1. The second kappa shape index (κ2) is 9.67. The molecule has 1 saturated heterocycles. The number of carboxylic acid groups (broad SMARTS) is 1. The first-order chi connectivity index (χ1) is 15.2. The third-order valence-corrected chi connectivity index (χ3v) is 5.65. The van der Waals surface area contributed by atoms with Gasteiger partial charge >= 0.3 is 5.97 Å². The summed E-state index contributed by atoms with van der Waals surface area (Å²) in [6.45, 7) is 2.75. The molecule has 1 fully saturated rings. The molecule has 0 spiro atoms. The van der Waals surface area contributed by atoms with Gasteiger partial charge in [-0.3, -0.25) is 0 Å². The number of aliphatic hydroxyl groups is 1. The van der Waals surface area contributed by atoms with Crippen LogP contribution in [0.2, 0.25) is 0 Å². The smallest absolute Gasteiger partial charge is 0.335 e. The molecule has 160 valence electrons. The predicted octanol–water partition coefficient (Wildman–Crippen LogP) is 5.08. The SMILES string of the molecule is O=C(O)c1ccc(-c2ccc(OCCCO)c(-c3ccc(N4CCCC4)cc3)c2)cc1. The van der Waals surface area contributed by atoms with Gasteiger partial charge in [-0.15, -0.1) is 0 Å². The number of anilines is 1. The van der Waals surface area contributed by atoms with E-state index in [0.29, 0.717) is 13.0 Å². The number of hydrogen-bond acceptors (Lipinski definition) is 4. The zero-order chi connectivity index (χ0) is 21.6. The lowest BCUT2D eigenvalue weighted by Crippen LogP contribution is -2.17. The van der Waals surface area contributed by atoms with E-state index in [1.807, 2.05) is 24.3 Å². The zero-order valence-electron chi connectivity index (χ0n) is 17.5. The third-order valence-electron chi connectivity index (χ3n) is 5.65. The minimum atomic E-state index is -0.932. The van der Waals surface area contributed by atoms with Crippen molar-refractivity contribution in [2.24, 2.45) is 0 Å². The van der Waals surface area contributed by atoms with Crippen LogP contribution in [0.25, 0.3) is 22.3 Å². The summed E-state index contributed by atoms with van der Waals surface area (Å²) >= 11 is 0. The summed E-state index contributed by atoms with van der Waals surface area (Å²) in [6.07, 6.45) is 3.06. The van der Waals surface area contributed by atoms with Crippen molar-refractivity contribution in [3.8, 4) is 28.0 Å². The molecule has 0 atom stereocenters. The van der Waals surface area contributed by atoms with Crippen LogP contribution in [0, 0.1) is 0 Å². The van der Waals surface area contributed by atoms with Crippen LogP contribution in [0.15, 0.2) is 66.7 Å². The molecule has 1 aliphatic rings. The molecule has 1 heterocycles. The Morgan fingerprint density at radius 2 is 1.52 bits per heavy atom. The van der Waals surface area contributed by atoms with Gasteiger partial charge in [0, 0.05) is 37.4 Å². The van der Waals surface area contributed by atoms with Gasteiger partial charge in [-0.05, 0) is 65.9 Å². The van der Waals surface area contributed by atoms with E-state index in [-0.39, 0.29) is 12.2 Å². The standard InChI is InChI=1S/C26H27NO4/c28-16-3-17-31-25-13-10-22(19-4-6-21(7-5-19)26(29)30)18-24(25)20-8-11-23(12-9-20)27-14-1-2-15-27/h4-13,18,28H,1-3,14-17H2,(H,29,30). The highest BCUT2D eigenvalue weighted by Gasteiger charge is 2.14. The normalized spacial score (nSPS) is 13.4. The molecule has 2 N–H and O–H groups in total. The molecular formula is C26H27NO4. The molecule has 0 saturated carbocycles. The molecule has 3 aromatic rings. The maximum Gasteiger partial charge on any atom is 0.335 e. The lowest BCUT2D eigenvalue weighted by Gasteiger charge is -2.18. The van der Waals surface area contributed by atoms with Crippen molar-refractivity contribution >= 4 is 11.7 Å². The van der Waals surface area contributed by atoms with Crippen molar-refractivity contribution in [3.05, 3.63) is 72.3 Å². The summed E-state index contributed by atoms with van der Waals surface area (Å²) in [5, 5.41) is 18.2. The number of rotatable bonds is 8. The molecule has 0 amide bonds. The van der Waals surface area contributed by atoms with E-state index in [4.69, 9.17) is 14.9 Å². The van der Waals surface area contributed by atoms with Crippen LogP contribution >= 0.6 is 0 Å². The average Bonchev–Trinajstić information content (AvgIpc) is 3.35. The van der Waals surface area contributed by atoms with Gasteiger partial charge in [0.25, 0.3) is 0 Å². The number of aliphatic hydroxyl groups excluding tert-OH is 1. The van der Waals surface area contributed by atoms with Gasteiger partial charge in [-0.25, -0.2) is 4.79 Å². The summed E-state index contributed by atoms with van der Waals surface area (Å²) in [4.78, 5) is 13.5. The molecule has 4 rings (SSSR count). The third kappa shape index (κ3) is 4.89. The van der Waals surface area contributed by atoms with Crippen LogP contribution in [0.3, 0.4) is 0 Å². The molecule has 5 nitrogen and oxygen atoms in total. The first kappa shape index (κ1) is 20.9. The van der Waals surface area contributed by atoms with E-state index in [9.17, 15) is 4.79 Å². The summed E-state index contributed by atoms with van der Waals surface area (Å²) < 4.78 is 5.96. The fraction of sp³-hybridized carbons (Fsp3) is 0.269. The molecule has 0 aromatic heterocycles. The highest BCUT2D eigenvalue weighted by molar-refractivity contribution is 5.88. The summed E-state index contributed by atoms with van der Waals surface area (Å²) in [5.41, 5.74) is 5.48. The largest absolute Gasteiger partial charge is 0.493 e. The molecular weight excluding hydrogens is 390 g/mol. The van der Waals surface area contributed by atoms with Crippen molar-refractivity contribution in [2.45, 2.75) is 19.3 Å². The molecule has 31 heavy (non-hydrogen) atoms.